The second-order valence-corrected chi connectivity index (χ2v) is 11.9. The molecule has 0 spiro atoms. The molecule has 1 amide bonds. The monoisotopic (exact) mass is 651 g/mol. The summed E-state index contributed by atoms with van der Waals surface area (Å²) < 4.78 is 74.2. The maximum absolute atomic E-state index is 16.2. The highest BCUT2D eigenvalue weighted by molar-refractivity contribution is 7.16. The van der Waals surface area contributed by atoms with E-state index in [-0.39, 0.29) is 53.5 Å². The van der Waals surface area contributed by atoms with E-state index in [2.05, 4.69) is 5.32 Å². The lowest BCUT2D eigenvalue weighted by atomic mass is 9.35. The Bertz CT molecular complexity index is 1620. The molecule has 1 aromatic heterocycles. The second kappa shape index (κ2) is 13.2. The first-order valence-corrected chi connectivity index (χ1v) is 14.6. The van der Waals surface area contributed by atoms with Crippen molar-refractivity contribution in [3.8, 4) is 0 Å². The molecule has 232 valence electrons. The Morgan fingerprint density at radius 3 is 2.50 bits per heavy atom. The molecule has 6 nitrogen and oxygen atoms in total. The van der Waals surface area contributed by atoms with E-state index in [0.29, 0.717) is 33.6 Å². The minimum absolute atomic E-state index is 0.0539. The van der Waals surface area contributed by atoms with Crippen LogP contribution in [0.1, 0.15) is 56.5 Å². The lowest BCUT2D eigenvalue weighted by Gasteiger charge is -2.27. The zero-order valence-corrected chi connectivity index (χ0v) is 25.5. The molecule has 14 heteroatoms. The number of aliphatic hydroxyl groups excluding tert-OH is 1. The van der Waals surface area contributed by atoms with E-state index < -0.39 is 29.8 Å². The Hall–Kier alpha value is -3.55. The van der Waals surface area contributed by atoms with E-state index in [1.54, 1.807) is 36.1 Å². The zero-order chi connectivity index (χ0) is 32.4. The first-order chi connectivity index (χ1) is 20.8. The highest BCUT2D eigenvalue weighted by atomic mass is 35.5. The summed E-state index contributed by atoms with van der Waals surface area (Å²) in [5.74, 6) is -4.05. The number of aldehydes is 1. The Balaban J connectivity index is 0.00000216. The van der Waals surface area contributed by atoms with Crippen molar-refractivity contribution in [2.75, 3.05) is 18.6 Å². The van der Waals surface area contributed by atoms with Gasteiger partial charge in [-0.2, -0.15) is 13.2 Å². The normalized spacial score (nSPS) is 15.5. The van der Waals surface area contributed by atoms with Crippen molar-refractivity contribution in [2.45, 2.75) is 45.4 Å². The number of aryl methyl sites for hydroxylation is 1. The van der Waals surface area contributed by atoms with Gasteiger partial charge in [0.25, 0.3) is 12.6 Å². The van der Waals surface area contributed by atoms with E-state index in [9.17, 15) is 22.8 Å². The van der Waals surface area contributed by atoms with Gasteiger partial charge in [0.2, 0.25) is 5.82 Å². The summed E-state index contributed by atoms with van der Waals surface area (Å²) in [7, 11) is 1.00. The smallest absolute Gasteiger partial charge is 0.400 e. The number of aliphatic hydroxyl groups is 1. The van der Waals surface area contributed by atoms with E-state index in [4.69, 9.17) is 21.7 Å². The molecule has 0 aliphatic carbocycles. The Morgan fingerprint density at radius 2 is 1.86 bits per heavy atom. The lowest BCUT2D eigenvalue weighted by Crippen LogP contribution is -2.37. The van der Waals surface area contributed by atoms with Gasteiger partial charge in [-0.15, -0.1) is 11.3 Å². The molecule has 0 atom stereocenters. The number of rotatable bonds is 6. The predicted molar refractivity (Wildman–Crippen MR) is 162 cm³/mol. The van der Waals surface area contributed by atoms with Crippen LogP contribution in [-0.2, 0) is 29.9 Å². The van der Waals surface area contributed by atoms with Gasteiger partial charge in [0, 0.05) is 54.2 Å². The molecule has 44 heavy (non-hydrogen) atoms. The maximum Gasteiger partial charge on any atom is 0.416 e. The minimum atomic E-state index is -4.84. The fourth-order valence-corrected chi connectivity index (χ4v) is 6.36. The number of thiazole rings is 1. The van der Waals surface area contributed by atoms with Crippen LogP contribution < -0.4 is 10.2 Å². The molecule has 4 bridgehead atoms. The van der Waals surface area contributed by atoms with Crippen LogP contribution in [0.4, 0.5) is 27.1 Å². The van der Waals surface area contributed by atoms with Crippen LogP contribution in [0.15, 0.2) is 59.0 Å². The van der Waals surface area contributed by atoms with Gasteiger partial charge >= 0.3 is 6.18 Å². The van der Waals surface area contributed by atoms with Crippen LogP contribution in [0.2, 0.25) is 0 Å². The van der Waals surface area contributed by atoms with Crippen molar-refractivity contribution in [1.29, 1.82) is 0 Å². The second-order valence-electron chi connectivity index (χ2n) is 10.3. The third-order valence-electron chi connectivity index (χ3n) is 7.31. The SMILES string of the molecule is CC1=C(Cl)C=C2B1C(F)(F)c1cc(cc(C(F)(F)F)c1)CN(Cc1ccc(C(=O)NCCC=O)cc1)c1nc2c(C)s1.CO. The molecular weight excluding hydrogens is 624 g/mol. The number of amides is 1. The number of nitrogens with one attached hydrogen (secondary N) is 1. The van der Waals surface area contributed by atoms with Gasteiger partial charge in [0.1, 0.15) is 6.29 Å². The summed E-state index contributed by atoms with van der Waals surface area (Å²) in [6.07, 6.45) is -2.52. The van der Waals surface area contributed by atoms with Crippen LogP contribution in [0, 0.1) is 6.92 Å². The predicted octanol–water partition coefficient (Wildman–Crippen LogP) is 6.73. The van der Waals surface area contributed by atoms with E-state index in [0.717, 1.165) is 24.8 Å². The van der Waals surface area contributed by atoms with Gasteiger partial charge in [0.05, 0.1) is 11.3 Å². The fraction of sp³-hybridized carbons (Fsp3) is 0.300. The van der Waals surface area contributed by atoms with Gasteiger partial charge in [0.15, 0.2) is 5.13 Å². The lowest BCUT2D eigenvalue weighted by molar-refractivity contribution is -0.137. The number of nitrogens with zero attached hydrogens (tertiary/aromatic N) is 2. The number of alkyl halides is 5. The van der Waals surface area contributed by atoms with Crippen LogP contribution in [0.25, 0.3) is 5.47 Å². The molecule has 0 unspecified atom stereocenters. The number of halogens is 6. The molecule has 3 aromatic rings. The Morgan fingerprint density at radius 1 is 1.18 bits per heavy atom. The fourth-order valence-electron chi connectivity index (χ4n) is 5.21. The number of allylic oxidation sites excluding steroid dienone is 3. The molecule has 0 saturated heterocycles. The minimum Gasteiger partial charge on any atom is -0.400 e. The molecule has 0 fully saturated rings. The molecule has 2 aromatic carbocycles. The van der Waals surface area contributed by atoms with Crippen LogP contribution >= 0.6 is 22.9 Å². The number of anilines is 1. The number of hydrogen-bond acceptors (Lipinski definition) is 6. The van der Waals surface area contributed by atoms with E-state index >= 15 is 8.78 Å². The van der Waals surface area contributed by atoms with Gasteiger partial charge in [-0.3, -0.25) is 4.79 Å². The molecular formula is C30H28BClF5N3O3S. The Labute approximate surface area is 260 Å². The van der Waals surface area contributed by atoms with E-state index in [1.165, 1.54) is 24.3 Å². The summed E-state index contributed by atoms with van der Waals surface area (Å²) in [5.41, 5.74) is -0.105. The standard InChI is InChI=1S/C29H24BClF5N3O2S.CH4O/c1-16-24(31)13-23-25-17(2)42-27(38-25)39(14-18-4-6-20(7-5-18)26(41)37-8-3-9-40)15-19-10-21(28(32,33)30(16)23)12-22(11-19)29(34,35)36;1-2/h4-7,9-13H,3,8,14-15H2,1-2H3,(H,37,41);2H,1H3. The summed E-state index contributed by atoms with van der Waals surface area (Å²) in [6, 6.07) is 9.13. The van der Waals surface area contributed by atoms with Crippen LogP contribution in [-0.4, -0.2) is 42.7 Å². The number of aromatic nitrogens is 1. The number of benzene rings is 2. The zero-order valence-electron chi connectivity index (χ0n) is 23.9. The van der Waals surface area contributed by atoms with Crippen molar-refractivity contribution in [2.24, 2.45) is 0 Å². The van der Waals surface area contributed by atoms with E-state index in [1.807, 2.05) is 0 Å². The first-order valence-electron chi connectivity index (χ1n) is 13.4. The van der Waals surface area contributed by atoms with Gasteiger partial charge in [-0.1, -0.05) is 29.2 Å². The van der Waals surface area contributed by atoms with Gasteiger partial charge < -0.3 is 20.1 Å². The summed E-state index contributed by atoms with van der Waals surface area (Å²) in [5, 5.41) is 10.2. The average molecular weight is 652 g/mol. The summed E-state index contributed by atoms with van der Waals surface area (Å²) in [4.78, 5) is 29.9. The molecule has 2 aliphatic rings. The quantitative estimate of drug-likeness (QED) is 0.134. The molecule has 3 heterocycles. The van der Waals surface area contributed by atoms with Crippen molar-refractivity contribution >= 4 is 52.4 Å². The summed E-state index contributed by atoms with van der Waals surface area (Å²) in [6.45, 7) is 1.91. The highest BCUT2D eigenvalue weighted by Gasteiger charge is 2.52. The Kier molecular flexibility index (Phi) is 10.0. The largest absolute Gasteiger partial charge is 0.416 e. The molecule has 2 aliphatic heterocycles. The molecule has 2 N–H and O–H groups in total. The van der Waals surface area contributed by atoms with Crippen molar-refractivity contribution in [3.05, 3.63) is 97.4 Å². The van der Waals surface area contributed by atoms with Crippen molar-refractivity contribution < 1.29 is 36.6 Å². The third kappa shape index (κ3) is 6.74. The molecule has 0 radical (unpaired) electrons. The van der Waals surface area contributed by atoms with Crippen LogP contribution in [0.3, 0.4) is 0 Å². The van der Waals surface area contributed by atoms with Crippen LogP contribution in [0.5, 0.6) is 0 Å². The first kappa shape index (κ1) is 33.4. The maximum atomic E-state index is 16.2. The number of carbonyl (C=O) groups is 2. The van der Waals surface area contributed by atoms with Gasteiger partial charge in [-0.05, 0) is 66.9 Å². The topological polar surface area (TPSA) is 82.5 Å². The third-order valence-corrected chi connectivity index (χ3v) is 8.75. The molecule has 5 rings (SSSR count). The average Bonchev–Trinajstić information content (AvgIpc) is 3.51. The molecule has 0 saturated carbocycles. The van der Waals surface area contributed by atoms with Crippen molar-refractivity contribution in [3.63, 3.8) is 0 Å². The van der Waals surface area contributed by atoms with Gasteiger partial charge in [-0.25, -0.2) is 13.8 Å². The highest BCUT2D eigenvalue weighted by Crippen LogP contribution is 2.48. The number of carbonyl (C=O) groups excluding carboxylic acids is 2. The van der Waals surface area contributed by atoms with Crippen molar-refractivity contribution in [1.82, 2.24) is 10.3 Å². The number of fused-ring (bicyclic) bond motifs is 6. The number of hydrogen-bond donors (Lipinski definition) is 2. The summed E-state index contributed by atoms with van der Waals surface area (Å²) >= 11 is 7.58.